The van der Waals surface area contributed by atoms with Crippen molar-refractivity contribution in [1.29, 1.82) is 0 Å². The first-order chi connectivity index (χ1) is 10.0. The Hall–Kier alpha value is -0.780. The highest BCUT2D eigenvalue weighted by Gasteiger charge is 2.33. The third-order valence-corrected chi connectivity index (χ3v) is 3.96. The van der Waals surface area contributed by atoms with E-state index in [0.29, 0.717) is 25.6 Å². The van der Waals surface area contributed by atoms with E-state index in [-0.39, 0.29) is 24.4 Å². The number of halogens is 2. The van der Waals surface area contributed by atoms with E-state index >= 15 is 0 Å². The Balaban J connectivity index is 0.00000242. The van der Waals surface area contributed by atoms with Crippen LogP contribution in [0.5, 0.6) is 5.75 Å². The Kier molecular flexibility index (Phi) is 7.66. The SMILES string of the molecule is CCOc1ccc(Br)cc1CN(C(=O)CC(C)N)C1CC1.Cl. The lowest BCUT2D eigenvalue weighted by molar-refractivity contribution is -0.132. The maximum Gasteiger partial charge on any atom is 0.224 e. The Bertz CT molecular complexity index is 507. The largest absolute Gasteiger partial charge is 0.494 e. The number of rotatable bonds is 7. The normalized spacial score (nSPS) is 14.9. The zero-order valence-electron chi connectivity index (χ0n) is 13.0. The average Bonchev–Trinajstić information content (AvgIpc) is 3.22. The number of benzene rings is 1. The number of hydrogen-bond acceptors (Lipinski definition) is 3. The number of nitrogens with zero attached hydrogens (tertiary/aromatic N) is 1. The smallest absolute Gasteiger partial charge is 0.224 e. The van der Waals surface area contributed by atoms with Crippen LogP contribution in [0.3, 0.4) is 0 Å². The Labute approximate surface area is 146 Å². The molecule has 6 heteroatoms. The maximum atomic E-state index is 12.4. The molecule has 0 aromatic heterocycles. The summed E-state index contributed by atoms with van der Waals surface area (Å²) in [6.07, 6.45) is 2.57. The van der Waals surface area contributed by atoms with Gasteiger partial charge in [0.1, 0.15) is 5.75 Å². The Morgan fingerprint density at radius 3 is 2.73 bits per heavy atom. The van der Waals surface area contributed by atoms with Crippen LogP contribution in [0, 0.1) is 0 Å². The number of amides is 1. The summed E-state index contributed by atoms with van der Waals surface area (Å²) in [6.45, 7) is 5.04. The molecule has 1 fully saturated rings. The molecule has 1 amide bonds. The molecule has 4 nitrogen and oxygen atoms in total. The molecule has 0 heterocycles. The van der Waals surface area contributed by atoms with E-state index < -0.39 is 0 Å². The highest BCUT2D eigenvalue weighted by Crippen LogP contribution is 2.32. The molecule has 0 saturated heterocycles. The zero-order chi connectivity index (χ0) is 15.4. The van der Waals surface area contributed by atoms with E-state index in [0.717, 1.165) is 28.6 Å². The van der Waals surface area contributed by atoms with Gasteiger partial charge in [-0.2, -0.15) is 0 Å². The van der Waals surface area contributed by atoms with Crippen molar-refractivity contribution in [1.82, 2.24) is 4.90 Å². The quantitative estimate of drug-likeness (QED) is 0.774. The number of hydrogen-bond donors (Lipinski definition) is 1. The zero-order valence-corrected chi connectivity index (χ0v) is 15.5. The molecule has 1 aliphatic carbocycles. The second-order valence-corrected chi connectivity index (χ2v) is 6.53. The van der Waals surface area contributed by atoms with Gasteiger partial charge in [0, 0.05) is 35.1 Å². The van der Waals surface area contributed by atoms with Crippen molar-refractivity contribution >= 4 is 34.2 Å². The number of carbonyl (C=O) groups excluding carboxylic acids is 1. The van der Waals surface area contributed by atoms with Gasteiger partial charge in [-0.1, -0.05) is 15.9 Å². The van der Waals surface area contributed by atoms with Gasteiger partial charge in [0.05, 0.1) is 6.61 Å². The third kappa shape index (κ3) is 5.45. The lowest BCUT2D eigenvalue weighted by Gasteiger charge is -2.24. The van der Waals surface area contributed by atoms with Gasteiger partial charge in [0.15, 0.2) is 0 Å². The molecule has 0 radical (unpaired) electrons. The average molecular weight is 392 g/mol. The molecule has 1 aliphatic rings. The molecule has 2 rings (SSSR count). The lowest BCUT2D eigenvalue weighted by atomic mass is 10.1. The van der Waals surface area contributed by atoms with E-state index in [1.54, 1.807) is 0 Å². The van der Waals surface area contributed by atoms with Crippen molar-refractivity contribution in [3.63, 3.8) is 0 Å². The second-order valence-electron chi connectivity index (χ2n) is 5.62. The molecular weight excluding hydrogens is 368 g/mol. The minimum absolute atomic E-state index is 0. The molecule has 22 heavy (non-hydrogen) atoms. The summed E-state index contributed by atoms with van der Waals surface area (Å²) in [7, 11) is 0. The van der Waals surface area contributed by atoms with Crippen molar-refractivity contribution in [2.24, 2.45) is 5.73 Å². The van der Waals surface area contributed by atoms with Gasteiger partial charge in [0.25, 0.3) is 0 Å². The van der Waals surface area contributed by atoms with Crippen LogP contribution >= 0.6 is 28.3 Å². The lowest BCUT2D eigenvalue weighted by Crippen LogP contribution is -2.36. The Morgan fingerprint density at radius 1 is 1.50 bits per heavy atom. The summed E-state index contributed by atoms with van der Waals surface area (Å²) in [6, 6.07) is 6.20. The highest BCUT2D eigenvalue weighted by atomic mass is 79.9. The fourth-order valence-electron chi connectivity index (χ4n) is 2.35. The van der Waals surface area contributed by atoms with Gasteiger partial charge < -0.3 is 15.4 Å². The molecule has 1 unspecified atom stereocenters. The number of carbonyl (C=O) groups is 1. The maximum absolute atomic E-state index is 12.4. The fraction of sp³-hybridized carbons (Fsp3) is 0.562. The fourth-order valence-corrected chi connectivity index (χ4v) is 2.76. The molecule has 1 atom stereocenters. The van der Waals surface area contributed by atoms with Crippen LogP contribution in [0.25, 0.3) is 0 Å². The van der Waals surface area contributed by atoms with E-state index in [9.17, 15) is 4.79 Å². The van der Waals surface area contributed by atoms with Crippen molar-refractivity contribution < 1.29 is 9.53 Å². The molecular formula is C16H24BrClN2O2. The van der Waals surface area contributed by atoms with Crippen molar-refractivity contribution in [3.05, 3.63) is 28.2 Å². The minimum atomic E-state index is -0.104. The van der Waals surface area contributed by atoms with Crippen molar-refractivity contribution in [2.45, 2.75) is 51.7 Å². The van der Waals surface area contributed by atoms with Gasteiger partial charge >= 0.3 is 0 Å². The molecule has 1 aromatic rings. The minimum Gasteiger partial charge on any atom is -0.494 e. The molecule has 124 valence electrons. The summed E-state index contributed by atoms with van der Waals surface area (Å²) in [4.78, 5) is 14.3. The van der Waals surface area contributed by atoms with Crippen LogP contribution in [0.2, 0.25) is 0 Å². The van der Waals surface area contributed by atoms with Gasteiger partial charge in [0.2, 0.25) is 5.91 Å². The molecule has 1 saturated carbocycles. The standard InChI is InChI=1S/C16H23BrN2O2.ClH/c1-3-21-15-7-4-13(17)9-12(15)10-19(14-5-6-14)16(20)8-11(2)18;/h4,7,9,11,14H,3,5-6,8,10,18H2,1-2H3;1H. The summed E-state index contributed by atoms with van der Waals surface area (Å²) >= 11 is 3.49. The van der Waals surface area contributed by atoms with Gasteiger partial charge in [-0.15, -0.1) is 12.4 Å². The van der Waals surface area contributed by atoms with Crippen LogP contribution in [0.15, 0.2) is 22.7 Å². The predicted octanol–water partition coefficient (Wildman–Crippen LogP) is 3.50. The van der Waals surface area contributed by atoms with Gasteiger partial charge in [-0.25, -0.2) is 0 Å². The van der Waals surface area contributed by atoms with Gasteiger partial charge in [-0.05, 0) is 44.9 Å². The van der Waals surface area contributed by atoms with Crippen LogP contribution in [0.4, 0.5) is 0 Å². The summed E-state index contributed by atoms with van der Waals surface area (Å²) in [5.74, 6) is 0.981. The topological polar surface area (TPSA) is 55.6 Å². The molecule has 1 aromatic carbocycles. The number of nitrogens with two attached hydrogens (primary N) is 1. The monoisotopic (exact) mass is 390 g/mol. The van der Waals surface area contributed by atoms with Crippen LogP contribution in [-0.2, 0) is 11.3 Å². The first-order valence-corrected chi connectivity index (χ1v) is 8.26. The summed E-state index contributed by atoms with van der Waals surface area (Å²) in [5, 5.41) is 0. The van der Waals surface area contributed by atoms with E-state index in [1.165, 1.54) is 0 Å². The van der Waals surface area contributed by atoms with Crippen molar-refractivity contribution in [3.8, 4) is 5.75 Å². The molecule has 0 bridgehead atoms. The molecule has 0 spiro atoms. The van der Waals surface area contributed by atoms with Crippen molar-refractivity contribution in [2.75, 3.05) is 6.61 Å². The Morgan fingerprint density at radius 2 is 2.18 bits per heavy atom. The second kappa shape index (κ2) is 8.75. The first-order valence-electron chi connectivity index (χ1n) is 7.47. The van der Waals surface area contributed by atoms with E-state index in [4.69, 9.17) is 10.5 Å². The summed E-state index contributed by atoms with van der Waals surface area (Å²) < 4.78 is 6.67. The van der Waals surface area contributed by atoms with Crippen LogP contribution < -0.4 is 10.5 Å². The van der Waals surface area contributed by atoms with Crippen LogP contribution in [0.1, 0.15) is 38.7 Å². The van der Waals surface area contributed by atoms with E-state index in [2.05, 4.69) is 15.9 Å². The highest BCUT2D eigenvalue weighted by molar-refractivity contribution is 9.10. The summed E-state index contributed by atoms with van der Waals surface area (Å²) in [5.41, 5.74) is 6.81. The first kappa shape index (κ1) is 19.3. The van der Waals surface area contributed by atoms with Gasteiger partial charge in [-0.3, -0.25) is 4.79 Å². The third-order valence-electron chi connectivity index (χ3n) is 3.47. The number of ether oxygens (including phenoxy) is 1. The predicted molar refractivity (Wildman–Crippen MR) is 94.4 cm³/mol. The molecule has 0 aliphatic heterocycles. The molecule has 2 N–H and O–H groups in total. The van der Waals surface area contributed by atoms with E-state index in [1.807, 2.05) is 36.9 Å². The van der Waals surface area contributed by atoms with Crippen LogP contribution in [-0.4, -0.2) is 29.5 Å².